The van der Waals surface area contributed by atoms with Gasteiger partial charge in [0.15, 0.2) is 0 Å². The molecule has 2 aliphatic rings. The van der Waals surface area contributed by atoms with Crippen molar-refractivity contribution in [2.45, 2.75) is 39.5 Å². The quantitative estimate of drug-likeness (QED) is 0.595. The van der Waals surface area contributed by atoms with E-state index >= 15 is 0 Å². The molecule has 2 rings (SSSR count). The fourth-order valence-corrected chi connectivity index (χ4v) is 2.99. The van der Waals surface area contributed by atoms with Crippen LogP contribution >= 0.6 is 0 Å². The molecule has 0 radical (unpaired) electrons. The van der Waals surface area contributed by atoms with E-state index in [1.54, 1.807) is 0 Å². The molecular formula is C11H17NO2. The fourth-order valence-electron chi connectivity index (χ4n) is 2.99. The lowest BCUT2D eigenvalue weighted by Crippen LogP contribution is -2.42. The summed E-state index contributed by atoms with van der Waals surface area (Å²) in [7, 11) is 0. The molecule has 1 aliphatic heterocycles. The van der Waals surface area contributed by atoms with E-state index in [2.05, 4.69) is 19.2 Å². The van der Waals surface area contributed by atoms with Crippen molar-refractivity contribution in [1.82, 2.24) is 5.32 Å². The number of hydrogen-bond donors (Lipinski definition) is 1. The maximum Gasteiger partial charge on any atom is 0.233 e. The van der Waals surface area contributed by atoms with Gasteiger partial charge in [-0.25, -0.2) is 0 Å². The molecule has 0 aromatic heterocycles. The Hall–Kier alpha value is -0.860. The van der Waals surface area contributed by atoms with Crippen LogP contribution in [0.4, 0.5) is 0 Å². The van der Waals surface area contributed by atoms with Crippen LogP contribution in [0.15, 0.2) is 0 Å². The molecule has 3 nitrogen and oxygen atoms in total. The molecule has 78 valence electrons. The first kappa shape index (κ1) is 9.69. The monoisotopic (exact) mass is 195 g/mol. The van der Waals surface area contributed by atoms with Crippen LogP contribution < -0.4 is 5.32 Å². The van der Waals surface area contributed by atoms with Gasteiger partial charge < -0.3 is 0 Å². The molecule has 0 aromatic rings. The number of hydrogen-bond acceptors (Lipinski definition) is 2. The van der Waals surface area contributed by atoms with Gasteiger partial charge in [-0.05, 0) is 18.3 Å². The van der Waals surface area contributed by atoms with Gasteiger partial charge in [-0.1, -0.05) is 26.7 Å². The van der Waals surface area contributed by atoms with Gasteiger partial charge in [-0.15, -0.1) is 0 Å². The molecule has 2 amide bonds. The number of carbonyl (C=O) groups excluding carboxylic acids is 2. The molecule has 3 heteroatoms. The maximum atomic E-state index is 11.8. The number of nitrogens with one attached hydrogen (secondary N) is 1. The summed E-state index contributed by atoms with van der Waals surface area (Å²) >= 11 is 0. The Morgan fingerprint density at radius 3 is 2.64 bits per heavy atom. The SMILES string of the molecule is CC1CCCC2(CC(=O)NC2=O)C1C. The van der Waals surface area contributed by atoms with Crippen LogP contribution in [0.25, 0.3) is 0 Å². The van der Waals surface area contributed by atoms with E-state index < -0.39 is 0 Å². The predicted octanol–water partition coefficient (Wildman–Crippen LogP) is 1.48. The van der Waals surface area contributed by atoms with E-state index in [1.807, 2.05) is 0 Å². The molecule has 0 bridgehead atoms. The van der Waals surface area contributed by atoms with Crippen LogP contribution in [0, 0.1) is 17.3 Å². The first-order valence-electron chi connectivity index (χ1n) is 5.40. The van der Waals surface area contributed by atoms with E-state index in [9.17, 15) is 9.59 Å². The average molecular weight is 195 g/mol. The van der Waals surface area contributed by atoms with Crippen molar-refractivity contribution in [1.29, 1.82) is 0 Å². The predicted molar refractivity (Wildman–Crippen MR) is 52.4 cm³/mol. The van der Waals surface area contributed by atoms with E-state index in [1.165, 1.54) is 6.42 Å². The number of rotatable bonds is 0. The molecule has 1 saturated carbocycles. The smallest absolute Gasteiger partial charge is 0.233 e. The summed E-state index contributed by atoms with van der Waals surface area (Å²) in [6, 6.07) is 0. The molecule has 1 aliphatic carbocycles. The molecule has 1 spiro atoms. The van der Waals surface area contributed by atoms with Gasteiger partial charge in [0.2, 0.25) is 11.8 Å². The second-order valence-corrected chi connectivity index (χ2v) is 4.87. The average Bonchev–Trinajstić information content (AvgIpc) is 2.39. The van der Waals surface area contributed by atoms with Crippen LogP contribution in [0.2, 0.25) is 0 Å². The summed E-state index contributed by atoms with van der Waals surface area (Å²) < 4.78 is 0. The van der Waals surface area contributed by atoms with Gasteiger partial charge in [0.25, 0.3) is 0 Å². The molecule has 1 N–H and O–H groups in total. The largest absolute Gasteiger partial charge is 0.296 e. The van der Waals surface area contributed by atoms with Gasteiger partial charge in [0.1, 0.15) is 0 Å². The number of imide groups is 1. The van der Waals surface area contributed by atoms with Crippen LogP contribution in [0.5, 0.6) is 0 Å². The van der Waals surface area contributed by atoms with Crippen LogP contribution in [0.3, 0.4) is 0 Å². The highest BCUT2D eigenvalue weighted by molar-refractivity contribution is 6.06. The summed E-state index contributed by atoms with van der Waals surface area (Å²) in [6.07, 6.45) is 3.56. The van der Waals surface area contributed by atoms with Crippen molar-refractivity contribution >= 4 is 11.8 Å². The topological polar surface area (TPSA) is 46.2 Å². The van der Waals surface area contributed by atoms with Crippen LogP contribution in [0.1, 0.15) is 39.5 Å². The van der Waals surface area contributed by atoms with Crippen LogP contribution in [-0.2, 0) is 9.59 Å². The molecule has 1 saturated heterocycles. The van der Waals surface area contributed by atoms with Gasteiger partial charge in [0, 0.05) is 6.42 Å². The lowest BCUT2D eigenvalue weighted by atomic mass is 9.62. The Bertz CT molecular complexity index is 287. The molecule has 0 aromatic carbocycles. The Kier molecular flexibility index (Phi) is 2.13. The van der Waals surface area contributed by atoms with E-state index in [4.69, 9.17) is 0 Å². The molecule has 14 heavy (non-hydrogen) atoms. The highest BCUT2D eigenvalue weighted by Crippen LogP contribution is 2.48. The Morgan fingerprint density at radius 2 is 2.07 bits per heavy atom. The summed E-state index contributed by atoms with van der Waals surface area (Å²) in [5.74, 6) is 0.778. The van der Waals surface area contributed by atoms with Crippen molar-refractivity contribution in [3.8, 4) is 0 Å². The van der Waals surface area contributed by atoms with Crippen molar-refractivity contribution in [3.63, 3.8) is 0 Å². The minimum Gasteiger partial charge on any atom is -0.296 e. The third-order valence-corrected chi connectivity index (χ3v) is 4.19. The fraction of sp³-hybridized carbons (Fsp3) is 0.818. The summed E-state index contributed by atoms with van der Waals surface area (Å²) in [5.41, 5.74) is -0.366. The Morgan fingerprint density at radius 1 is 1.36 bits per heavy atom. The van der Waals surface area contributed by atoms with Crippen molar-refractivity contribution in [3.05, 3.63) is 0 Å². The van der Waals surface area contributed by atoms with Crippen LogP contribution in [-0.4, -0.2) is 11.8 Å². The number of amides is 2. The van der Waals surface area contributed by atoms with E-state index in [0.717, 1.165) is 12.8 Å². The van der Waals surface area contributed by atoms with Crippen molar-refractivity contribution in [2.75, 3.05) is 0 Å². The highest BCUT2D eigenvalue weighted by atomic mass is 16.2. The summed E-state index contributed by atoms with van der Waals surface area (Å²) in [4.78, 5) is 23.0. The van der Waals surface area contributed by atoms with Gasteiger partial charge in [0.05, 0.1) is 5.41 Å². The lowest BCUT2D eigenvalue weighted by molar-refractivity contribution is -0.133. The second kappa shape index (κ2) is 3.07. The van der Waals surface area contributed by atoms with E-state index in [-0.39, 0.29) is 17.2 Å². The minimum atomic E-state index is -0.366. The standard InChI is InChI=1S/C11H17NO2/c1-7-4-3-5-11(8(7)2)6-9(13)12-10(11)14/h7-8H,3-6H2,1-2H3,(H,12,13,14). The third kappa shape index (κ3) is 1.18. The molecule has 2 fully saturated rings. The first-order chi connectivity index (χ1) is 6.56. The van der Waals surface area contributed by atoms with Crippen molar-refractivity contribution < 1.29 is 9.59 Å². The lowest BCUT2D eigenvalue weighted by Gasteiger charge is -2.40. The molecule has 1 heterocycles. The molecule has 3 unspecified atom stereocenters. The Balaban J connectivity index is 2.29. The van der Waals surface area contributed by atoms with Gasteiger partial charge in [-0.2, -0.15) is 0 Å². The normalized spacial score (nSPS) is 43.0. The second-order valence-electron chi connectivity index (χ2n) is 4.87. The van der Waals surface area contributed by atoms with Gasteiger partial charge in [-0.3, -0.25) is 14.9 Å². The summed E-state index contributed by atoms with van der Waals surface area (Å²) in [6.45, 7) is 4.30. The van der Waals surface area contributed by atoms with Crippen molar-refractivity contribution in [2.24, 2.45) is 17.3 Å². The summed E-state index contributed by atoms with van der Waals surface area (Å²) in [5, 5.41) is 2.45. The maximum absolute atomic E-state index is 11.8. The van der Waals surface area contributed by atoms with E-state index in [0.29, 0.717) is 18.3 Å². The highest BCUT2D eigenvalue weighted by Gasteiger charge is 2.52. The number of carbonyl (C=O) groups is 2. The zero-order chi connectivity index (χ0) is 10.3. The minimum absolute atomic E-state index is 0.0263. The first-order valence-corrected chi connectivity index (χ1v) is 5.40. The zero-order valence-corrected chi connectivity index (χ0v) is 8.80. The Labute approximate surface area is 84.2 Å². The third-order valence-electron chi connectivity index (χ3n) is 4.19. The molecular weight excluding hydrogens is 178 g/mol. The van der Waals surface area contributed by atoms with Gasteiger partial charge >= 0.3 is 0 Å². The zero-order valence-electron chi connectivity index (χ0n) is 8.80. The molecule has 3 atom stereocenters.